The summed E-state index contributed by atoms with van der Waals surface area (Å²) in [7, 11) is 5.46. The van der Waals surface area contributed by atoms with Crippen LogP contribution < -0.4 is 0 Å². The van der Waals surface area contributed by atoms with E-state index >= 15 is 0 Å². The monoisotopic (exact) mass is 588 g/mol. The molecular weight excluding hydrogens is 532 g/mol. The highest BCUT2D eigenvalue weighted by Crippen LogP contribution is 2.40. The van der Waals surface area contributed by atoms with Crippen LogP contribution in [-0.2, 0) is 23.8 Å². The number of carbonyl (C=O) groups excluding carboxylic acids is 2. The second-order valence-electron chi connectivity index (χ2n) is 13.5. The van der Waals surface area contributed by atoms with Crippen molar-refractivity contribution in [2.45, 2.75) is 135 Å². The molecule has 2 rings (SSSR count). The number of esters is 1. The molecule has 0 spiro atoms. The smallest absolute Gasteiger partial charge is 0.318 e. The van der Waals surface area contributed by atoms with E-state index in [0.717, 1.165) is 0 Å². The van der Waals surface area contributed by atoms with Crippen LogP contribution in [0.25, 0.3) is 0 Å². The normalized spacial score (nSPS) is 46.6. The van der Waals surface area contributed by atoms with E-state index in [1.807, 2.05) is 37.7 Å². The number of hydrogen-bond donors (Lipinski definition) is 4. The summed E-state index contributed by atoms with van der Waals surface area (Å²) in [5, 5.41) is 46.0. The molecule has 41 heavy (non-hydrogen) atoms. The Hall–Kier alpha value is -1.18. The number of hydrogen-bond acceptors (Lipinski definition) is 11. The lowest BCUT2D eigenvalue weighted by atomic mass is 9.81. The summed E-state index contributed by atoms with van der Waals surface area (Å²) in [6.07, 6.45) is -3.30. The number of carbonyl (C=O) groups is 2. The van der Waals surface area contributed by atoms with Gasteiger partial charge in [0, 0.05) is 31.0 Å². The van der Waals surface area contributed by atoms with Crippen molar-refractivity contribution in [2.75, 3.05) is 27.7 Å². The number of rotatable bonds is 4. The van der Waals surface area contributed by atoms with Gasteiger partial charge in [0.1, 0.15) is 23.9 Å². The van der Waals surface area contributed by atoms with Crippen LogP contribution in [0.4, 0.5) is 0 Å². The molecule has 12 unspecified atom stereocenters. The fraction of sp³-hybridized carbons (Fsp3) is 0.933. The first-order valence-corrected chi connectivity index (χ1v) is 15.0. The van der Waals surface area contributed by atoms with Crippen molar-refractivity contribution >= 4 is 11.8 Å². The van der Waals surface area contributed by atoms with E-state index in [-0.39, 0.29) is 30.9 Å². The summed E-state index contributed by atoms with van der Waals surface area (Å²) < 4.78 is 18.2. The molecule has 0 amide bonds. The van der Waals surface area contributed by atoms with Gasteiger partial charge in [0.05, 0.1) is 11.7 Å². The van der Waals surface area contributed by atoms with Crippen LogP contribution in [-0.4, -0.2) is 123 Å². The van der Waals surface area contributed by atoms with Crippen molar-refractivity contribution < 1.29 is 44.2 Å². The third-order valence-electron chi connectivity index (χ3n) is 9.21. The molecular formula is C30H56N2O9. The van der Waals surface area contributed by atoms with Crippen molar-refractivity contribution in [3.05, 3.63) is 0 Å². The van der Waals surface area contributed by atoms with Crippen LogP contribution in [0.5, 0.6) is 0 Å². The van der Waals surface area contributed by atoms with Gasteiger partial charge < -0.3 is 44.4 Å². The molecule has 12 atom stereocenters. The Morgan fingerprint density at radius 1 is 1.05 bits per heavy atom. The molecule has 2 heterocycles. The number of cyclic esters (lactones) is 1. The van der Waals surface area contributed by atoms with E-state index in [1.165, 1.54) is 13.8 Å². The Kier molecular flexibility index (Phi) is 12.0. The van der Waals surface area contributed by atoms with Crippen LogP contribution >= 0.6 is 0 Å². The third-order valence-corrected chi connectivity index (χ3v) is 9.21. The van der Waals surface area contributed by atoms with Gasteiger partial charge in [0.2, 0.25) is 5.79 Å². The van der Waals surface area contributed by atoms with Gasteiger partial charge in [0.15, 0.2) is 11.9 Å². The first-order chi connectivity index (χ1) is 18.7. The molecule has 0 aromatic carbocycles. The van der Waals surface area contributed by atoms with Gasteiger partial charge in [-0.05, 0) is 80.9 Å². The summed E-state index contributed by atoms with van der Waals surface area (Å²) in [6, 6.07) is -0.981. The molecule has 240 valence electrons. The van der Waals surface area contributed by atoms with Crippen molar-refractivity contribution in [3.8, 4) is 0 Å². The predicted molar refractivity (Wildman–Crippen MR) is 154 cm³/mol. The van der Waals surface area contributed by atoms with Crippen molar-refractivity contribution in [3.63, 3.8) is 0 Å². The SMILES string of the molecule is CCC1(OC2OC(C)CC(N(C)C)C2O)OC(=O)C(C)C(=O)C(C)CC(C)(O)CC(C)CN(C)C(C)C(O)C1(C)O. The molecule has 0 radical (unpaired) electrons. The molecule has 4 N–H and O–H groups in total. The van der Waals surface area contributed by atoms with E-state index in [1.54, 1.807) is 34.7 Å². The Bertz CT molecular complexity index is 897. The summed E-state index contributed by atoms with van der Waals surface area (Å²) in [6.45, 7) is 13.8. The summed E-state index contributed by atoms with van der Waals surface area (Å²) in [4.78, 5) is 30.7. The number of nitrogens with zero attached hydrogens (tertiary/aromatic N) is 2. The topological polar surface area (TPSA) is 149 Å². The molecule has 11 heteroatoms. The largest absolute Gasteiger partial charge is 0.429 e. The average molecular weight is 589 g/mol. The van der Waals surface area contributed by atoms with Gasteiger partial charge in [0.25, 0.3) is 0 Å². The van der Waals surface area contributed by atoms with Crippen LogP contribution in [0.3, 0.4) is 0 Å². The fourth-order valence-electron chi connectivity index (χ4n) is 6.63. The number of aliphatic hydroxyl groups excluding tert-OH is 2. The Balaban J connectivity index is 2.63. The lowest BCUT2D eigenvalue weighted by Crippen LogP contribution is -2.69. The van der Waals surface area contributed by atoms with E-state index in [2.05, 4.69) is 0 Å². The molecule has 11 nitrogen and oxygen atoms in total. The number of likely N-dealkylation sites (N-methyl/N-ethyl adjacent to an activating group) is 2. The zero-order valence-electron chi connectivity index (χ0n) is 27.0. The lowest BCUT2D eigenvalue weighted by molar-refractivity contribution is -0.392. The summed E-state index contributed by atoms with van der Waals surface area (Å²) >= 11 is 0. The quantitative estimate of drug-likeness (QED) is 0.280. The highest BCUT2D eigenvalue weighted by atomic mass is 16.8. The van der Waals surface area contributed by atoms with Gasteiger partial charge in [-0.3, -0.25) is 9.59 Å². The Morgan fingerprint density at radius 2 is 1.63 bits per heavy atom. The molecule has 0 bridgehead atoms. The molecule has 0 aromatic heterocycles. The molecule has 2 aliphatic heterocycles. The van der Waals surface area contributed by atoms with E-state index < -0.39 is 65.1 Å². The third kappa shape index (κ3) is 8.06. The zero-order chi connectivity index (χ0) is 31.7. The van der Waals surface area contributed by atoms with Crippen molar-refractivity contribution in [1.82, 2.24) is 9.80 Å². The first kappa shape index (κ1) is 36.0. The maximum atomic E-state index is 13.6. The molecule has 2 aliphatic rings. The predicted octanol–water partition coefficient (Wildman–Crippen LogP) is 1.53. The van der Waals surface area contributed by atoms with Gasteiger partial charge in [-0.1, -0.05) is 20.8 Å². The van der Waals surface area contributed by atoms with Crippen molar-refractivity contribution in [2.24, 2.45) is 17.8 Å². The standard InChI is InChI=1S/C30H56N2O9/c1-12-30(41-27-24(34)22(31(9)10)13-19(4)39-27)29(8,38)25(35)21(6)32(11)16-17(2)14-28(7,37)15-18(3)23(33)20(5)26(36)40-30/h17-22,24-25,27,34-35,37-38H,12-16H2,1-11H3. The Labute approximate surface area is 246 Å². The van der Waals surface area contributed by atoms with Crippen LogP contribution in [0, 0.1) is 17.8 Å². The van der Waals surface area contributed by atoms with Crippen molar-refractivity contribution in [1.29, 1.82) is 0 Å². The highest BCUT2D eigenvalue weighted by Gasteiger charge is 2.60. The summed E-state index contributed by atoms with van der Waals surface area (Å²) in [5.74, 6) is -5.44. The van der Waals surface area contributed by atoms with Gasteiger partial charge in [-0.2, -0.15) is 0 Å². The second-order valence-corrected chi connectivity index (χ2v) is 13.5. The van der Waals surface area contributed by atoms with Crippen LogP contribution in [0.1, 0.15) is 81.1 Å². The van der Waals surface area contributed by atoms with Crippen LogP contribution in [0.15, 0.2) is 0 Å². The van der Waals surface area contributed by atoms with E-state index in [4.69, 9.17) is 14.2 Å². The number of Topliss-reactive ketones (excluding diaryl/α,β-unsaturated/α-hetero) is 1. The molecule has 0 saturated carbocycles. The molecule has 2 fully saturated rings. The molecule has 2 saturated heterocycles. The summed E-state index contributed by atoms with van der Waals surface area (Å²) in [5.41, 5.74) is -3.36. The fourth-order valence-corrected chi connectivity index (χ4v) is 6.63. The Morgan fingerprint density at radius 3 is 2.17 bits per heavy atom. The van der Waals surface area contributed by atoms with Crippen LogP contribution in [0.2, 0.25) is 0 Å². The second kappa shape index (κ2) is 13.6. The highest BCUT2D eigenvalue weighted by molar-refractivity contribution is 5.99. The van der Waals surface area contributed by atoms with Gasteiger partial charge in [-0.25, -0.2) is 0 Å². The maximum Gasteiger partial charge on any atom is 0.318 e. The molecule has 0 aromatic rings. The number of aliphatic hydroxyl groups is 4. The first-order valence-electron chi connectivity index (χ1n) is 15.0. The van der Waals surface area contributed by atoms with E-state index in [0.29, 0.717) is 19.4 Å². The van der Waals surface area contributed by atoms with Gasteiger partial charge >= 0.3 is 5.97 Å². The average Bonchev–Trinajstić information content (AvgIpc) is 2.86. The number of ketones is 1. The minimum Gasteiger partial charge on any atom is -0.429 e. The zero-order valence-corrected chi connectivity index (χ0v) is 27.0. The van der Waals surface area contributed by atoms with E-state index in [9.17, 15) is 30.0 Å². The maximum absolute atomic E-state index is 13.6. The van der Waals surface area contributed by atoms with Gasteiger partial charge in [-0.15, -0.1) is 0 Å². The molecule has 0 aliphatic carbocycles. The number of ether oxygens (including phenoxy) is 3. The lowest BCUT2D eigenvalue weighted by Gasteiger charge is -2.51. The minimum absolute atomic E-state index is 0.0141. The minimum atomic E-state index is -2.20.